The summed E-state index contributed by atoms with van der Waals surface area (Å²) in [5.74, 6) is 0.250. The predicted molar refractivity (Wildman–Crippen MR) is 59.6 cm³/mol. The van der Waals surface area contributed by atoms with Gasteiger partial charge in [-0.2, -0.15) is 0 Å². The molecule has 0 saturated carbocycles. The molecule has 0 atom stereocenters. The van der Waals surface area contributed by atoms with Gasteiger partial charge in [0.05, 0.1) is 5.75 Å². The Morgan fingerprint density at radius 2 is 1.86 bits per heavy atom. The minimum Gasteiger partial charge on any atom is -0.330 e. The SMILES string of the molecule is CCCS(=O)(=O)N(C)CCCCCN. The van der Waals surface area contributed by atoms with Crippen molar-refractivity contribution in [3.63, 3.8) is 0 Å². The molecule has 0 heterocycles. The Kier molecular flexibility index (Phi) is 7.13. The van der Waals surface area contributed by atoms with Gasteiger partial charge < -0.3 is 5.73 Å². The monoisotopic (exact) mass is 222 g/mol. The number of hydrogen-bond donors (Lipinski definition) is 1. The fraction of sp³-hybridized carbons (Fsp3) is 1.00. The van der Waals surface area contributed by atoms with Gasteiger partial charge in [0, 0.05) is 13.6 Å². The minimum absolute atomic E-state index is 0.250. The van der Waals surface area contributed by atoms with Gasteiger partial charge in [0.2, 0.25) is 10.0 Å². The second-order valence-electron chi connectivity index (χ2n) is 3.49. The molecule has 5 heteroatoms. The summed E-state index contributed by atoms with van der Waals surface area (Å²) >= 11 is 0. The minimum atomic E-state index is -3.00. The normalized spacial score (nSPS) is 12.3. The van der Waals surface area contributed by atoms with E-state index in [9.17, 15) is 8.42 Å². The predicted octanol–water partition coefficient (Wildman–Crippen LogP) is 0.787. The first-order valence-corrected chi connectivity index (χ1v) is 6.79. The number of sulfonamides is 1. The number of nitrogens with two attached hydrogens (primary N) is 1. The van der Waals surface area contributed by atoms with E-state index in [0.717, 1.165) is 19.3 Å². The van der Waals surface area contributed by atoms with Crippen LogP contribution in [0.5, 0.6) is 0 Å². The number of nitrogens with zero attached hydrogens (tertiary/aromatic N) is 1. The molecule has 0 spiro atoms. The summed E-state index contributed by atoms with van der Waals surface area (Å²) in [6.07, 6.45) is 3.55. The molecule has 2 N–H and O–H groups in total. The molecule has 0 unspecified atom stereocenters. The van der Waals surface area contributed by atoms with Crippen molar-refractivity contribution in [2.24, 2.45) is 5.73 Å². The van der Waals surface area contributed by atoms with Gasteiger partial charge in [-0.25, -0.2) is 12.7 Å². The second-order valence-corrected chi connectivity index (χ2v) is 5.68. The van der Waals surface area contributed by atoms with Crippen molar-refractivity contribution in [3.05, 3.63) is 0 Å². The van der Waals surface area contributed by atoms with Crippen LogP contribution >= 0.6 is 0 Å². The van der Waals surface area contributed by atoms with Crippen LogP contribution < -0.4 is 5.73 Å². The topological polar surface area (TPSA) is 63.4 Å². The lowest BCUT2D eigenvalue weighted by Crippen LogP contribution is -2.30. The van der Waals surface area contributed by atoms with Crippen LogP contribution in [0.15, 0.2) is 0 Å². The van der Waals surface area contributed by atoms with Crippen molar-refractivity contribution in [3.8, 4) is 0 Å². The van der Waals surface area contributed by atoms with Crippen molar-refractivity contribution in [2.45, 2.75) is 32.6 Å². The molecule has 0 aromatic rings. The number of unbranched alkanes of at least 4 members (excludes halogenated alkanes) is 2. The highest BCUT2D eigenvalue weighted by molar-refractivity contribution is 7.89. The average Bonchev–Trinajstić information content (AvgIpc) is 2.12. The molecule has 0 aromatic carbocycles. The van der Waals surface area contributed by atoms with Crippen LogP contribution in [-0.2, 0) is 10.0 Å². The van der Waals surface area contributed by atoms with Crippen LogP contribution in [0.2, 0.25) is 0 Å². The van der Waals surface area contributed by atoms with Crippen LogP contribution in [0.1, 0.15) is 32.6 Å². The third kappa shape index (κ3) is 5.57. The van der Waals surface area contributed by atoms with Gasteiger partial charge in [-0.3, -0.25) is 0 Å². The first-order valence-electron chi connectivity index (χ1n) is 5.18. The number of hydrogen-bond acceptors (Lipinski definition) is 3. The summed E-state index contributed by atoms with van der Waals surface area (Å²) in [5.41, 5.74) is 5.35. The van der Waals surface area contributed by atoms with Gasteiger partial charge in [-0.1, -0.05) is 13.3 Å². The largest absolute Gasteiger partial charge is 0.330 e. The molecule has 0 aliphatic rings. The molecule has 0 fully saturated rings. The highest BCUT2D eigenvalue weighted by atomic mass is 32.2. The van der Waals surface area contributed by atoms with E-state index in [1.165, 1.54) is 4.31 Å². The summed E-state index contributed by atoms with van der Waals surface area (Å²) in [6.45, 7) is 3.17. The molecule has 0 saturated heterocycles. The first-order chi connectivity index (χ1) is 6.54. The zero-order chi connectivity index (χ0) is 11.0. The van der Waals surface area contributed by atoms with Crippen molar-refractivity contribution in [2.75, 3.05) is 25.9 Å². The Labute approximate surface area is 87.5 Å². The van der Waals surface area contributed by atoms with Gasteiger partial charge in [-0.15, -0.1) is 0 Å². The molecule has 0 amide bonds. The fourth-order valence-corrected chi connectivity index (χ4v) is 2.44. The summed E-state index contributed by atoms with van der Waals surface area (Å²) in [6, 6.07) is 0. The fourth-order valence-electron chi connectivity index (χ4n) is 1.21. The third-order valence-electron chi connectivity index (χ3n) is 2.11. The van der Waals surface area contributed by atoms with Crippen molar-refractivity contribution in [1.29, 1.82) is 0 Å². The Bertz CT molecular complexity index is 227. The van der Waals surface area contributed by atoms with Crippen molar-refractivity contribution >= 4 is 10.0 Å². The lowest BCUT2D eigenvalue weighted by Gasteiger charge is -2.16. The molecule has 0 radical (unpaired) electrons. The molecule has 0 aliphatic heterocycles. The van der Waals surface area contributed by atoms with Gasteiger partial charge in [0.25, 0.3) is 0 Å². The number of rotatable bonds is 8. The van der Waals surface area contributed by atoms with Gasteiger partial charge >= 0.3 is 0 Å². The van der Waals surface area contributed by atoms with E-state index in [4.69, 9.17) is 5.73 Å². The molecule has 0 aliphatic carbocycles. The average molecular weight is 222 g/mol. The quantitative estimate of drug-likeness (QED) is 0.617. The molecule has 0 aromatic heterocycles. The van der Waals surface area contributed by atoms with Gasteiger partial charge in [0.1, 0.15) is 0 Å². The summed E-state index contributed by atoms with van der Waals surface area (Å²) in [4.78, 5) is 0. The summed E-state index contributed by atoms with van der Waals surface area (Å²) in [7, 11) is -1.35. The molecule has 0 bridgehead atoms. The molecular weight excluding hydrogens is 200 g/mol. The van der Waals surface area contributed by atoms with Crippen molar-refractivity contribution in [1.82, 2.24) is 4.31 Å². The Morgan fingerprint density at radius 3 is 2.36 bits per heavy atom. The summed E-state index contributed by atoms with van der Waals surface area (Å²) in [5, 5.41) is 0. The molecule has 14 heavy (non-hydrogen) atoms. The van der Waals surface area contributed by atoms with Crippen LogP contribution in [-0.4, -0.2) is 38.6 Å². The third-order valence-corrected chi connectivity index (χ3v) is 4.17. The molecule has 86 valence electrons. The van der Waals surface area contributed by atoms with E-state index in [0.29, 0.717) is 19.5 Å². The maximum atomic E-state index is 11.5. The lowest BCUT2D eigenvalue weighted by atomic mass is 10.2. The molecule has 0 rings (SSSR count). The second kappa shape index (κ2) is 7.20. The maximum Gasteiger partial charge on any atom is 0.213 e. The van der Waals surface area contributed by atoms with E-state index < -0.39 is 10.0 Å². The van der Waals surface area contributed by atoms with Crippen molar-refractivity contribution < 1.29 is 8.42 Å². The summed E-state index contributed by atoms with van der Waals surface area (Å²) < 4.78 is 24.4. The molecular formula is C9H22N2O2S. The standard InChI is InChI=1S/C9H22N2O2S/c1-3-9-14(12,13)11(2)8-6-4-5-7-10/h3-10H2,1-2H3. The molecule has 4 nitrogen and oxygen atoms in total. The lowest BCUT2D eigenvalue weighted by molar-refractivity contribution is 0.452. The Morgan fingerprint density at radius 1 is 1.21 bits per heavy atom. The van der Waals surface area contributed by atoms with E-state index in [-0.39, 0.29) is 5.75 Å². The van der Waals surface area contributed by atoms with Crippen LogP contribution in [0.4, 0.5) is 0 Å². The van der Waals surface area contributed by atoms with E-state index in [2.05, 4.69) is 0 Å². The highest BCUT2D eigenvalue weighted by Gasteiger charge is 2.15. The van der Waals surface area contributed by atoms with E-state index in [1.807, 2.05) is 6.92 Å². The van der Waals surface area contributed by atoms with Crippen LogP contribution in [0.25, 0.3) is 0 Å². The van der Waals surface area contributed by atoms with E-state index in [1.54, 1.807) is 7.05 Å². The maximum absolute atomic E-state index is 11.5. The van der Waals surface area contributed by atoms with E-state index >= 15 is 0 Å². The zero-order valence-corrected chi connectivity index (χ0v) is 10.0. The zero-order valence-electron chi connectivity index (χ0n) is 9.20. The Balaban J connectivity index is 3.78. The first kappa shape index (κ1) is 13.9. The van der Waals surface area contributed by atoms with Gasteiger partial charge in [-0.05, 0) is 25.8 Å². The smallest absolute Gasteiger partial charge is 0.213 e. The highest BCUT2D eigenvalue weighted by Crippen LogP contribution is 2.03. The van der Waals surface area contributed by atoms with Gasteiger partial charge in [0.15, 0.2) is 0 Å². The van der Waals surface area contributed by atoms with Crippen LogP contribution in [0, 0.1) is 0 Å². The Hall–Kier alpha value is -0.130. The van der Waals surface area contributed by atoms with Crippen LogP contribution in [0.3, 0.4) is 0 Å².